The van der Waals surface area contributed by atoms with Gasteiger partial charge in [-0.3, -0.25) is 0 Å². The van der Waals surface area contributed by atoms with Crippen molar-refractivity contribution in [2.24, 2.45) is 0 Å². The van der Waals surface area contributed by atoms with Gasteiger partial charge in [0.2, 0.25) is 0 Å². The summed E-state index contributed by atoms with van der Waals surface area (Å²) in [4.78, 5) is 12.4. The van der Waals surface area contributed by atoms with E-state index >= 15 is 0 Å². The summed E-state index contributed by atoms with van der Waals surface area (Å²) in [7, 11) is -5.33. The van der Waals surface area contributed by atoms with Crippen LogP contribution < -0.4 is 0 Å². The number of hydrogen-bond donors (Lipinski definition) is 0. The molecule has 1 amide bonds. The van der Waals surface area contributed by atoms with Gasteiger partial charge in [-0.05, 0) is 33.8 Å². The van der Waals surface area contributed by atoms with Gasteiger partial charge in [-0.2, -0.15) is 13.2 Å². The molecule has 1 unspecified atom stereocenters. The molecule has 9 heteroatoms. The first-order chi connectivity index (χ1) is 9.25. The molecule has 0 saturated carbocycles. The molecule has 0 radical (unpaired) electrons. The van der Waals surface area contributed by atoms with Crippen molar-refractivity contribution in [3.8, 4) is 0 Å². The van der Waals surface area contributed by atoms with Gasteiger partial charge in [0.05, 0.1) is 10.9 Å². The van der Waals surface area contributed by atoms with E-state index in [-0.39, 0.29) is 13.0 Å². The van der Waals surface area contributed by atoms with Gasteiger partial charge in [0, 0.05) is 13.0 Å². The van der Waals surface area contributed by atoms with Crippen LogP contribution in [0.5, 0.6) is 0 Å². The molecule has 122 valence electrons. The van der Waals surface area contributed by atoms with E-state index in [1.54, 1.807) is 20.8 Å². The Bertz CT molecular complexity index is 546. The fourth-order valence-corrected chi connectivity index (χ4v) is 2.86. The Morgan fingerprint density at radius 3 is 2.24 bits per heavy atom. The molecule has 0 N–H and O–H groups in total. The van der Waals surface area contributed by atoms with Crippen molar-refractivity contribution in [1.29, 1.82) is 0 Å². The smallest absolute Gasteiger partial charge is 0.444 e. The van der Waals surface area contributed by atoms with Crippen LogP contribution in [0.2, 0.25) is 0 Å². The van der Waals surface area contributed by atoms with Crippen molar-refractivity contribution in [1.82, 2.24) is 4.90 Å². The third-order valence-corrected chi connectivity index (χ3v) is 4.44. The fraction of sp³-hybridized carbons (Fsp3) is 0.750. The summed E-state index contributed by atoms with van der Waals surface area (Å²) in [5.74, 6) is 0. The van der Waals surface area contributed by atoms with E-state index in [0.29, 0.717) is 0 Å². The zero-order chi connectivity index (χ0) is 16.6. The van der Waals surface area contributed by atoms with Crippen LogP contribution in [0, 0.1) is 0 Å². The topological polar surface area (TPSA) is 63.7 Å². The summed E-state index contributed by atoms with van der Waals surface area (Å²) in [6.07, 6.45) is -0.128. The molecule has 0 fully saturated rings. The number of carbonyl (C=O) groups excluding carboxylic acids is 1. The van der Waals surface area contributed by atoms with Gasteiger partial charge in [-0.15, -0.1) is 0 Å². The Kier molecular flexibility index (Phi) is 4.67. The SMILES string of the molecule is CC1C=C(S(=O)(=O)C(F)(F)F)CCN1C(=O)OC(C)(C)C. The fourth-order valence-electron chi connectivity index (χ4n) is 1.83. The average molecular weight is 329 g/mol. The molecule has 0 aliphatic carbocycles. The van der Waals surface area contributed by atoms with Crippen molar-refractivity contribution in [3.63, 3.8) is 0 Å². The lowest BCUT2D eigenvalue weighted by atomic mass is 10.1. The number of ether oxygens (including phenoxy) is 1. The third-order valence-electron chi connectivity index (χ3n) is 2.80. The predicted molar refractivity (Wildman–Crippen MR) is 70.1 cm³/mol. The molecule has 1 heterocycles. The zero-order valence-electron chi connectivity index (χ0n) is 12.2. The molecule has 0 aromatic carbocycles. The van der Waals surface area contributed by atoms with E-state index in [2.05, 4.69) is 0 Å². The minimum Gasteiger partial charge on any atom is -0.444 e. The molecule has 1 atom stereocenters. The van der Waals surface area contributed by atoms with E-state index in [4.69, 9.17) is 4.74 Å². The van der Waals surface area contributed by atoms with E-state index < -0.39 is 38.0 Å². The molecule has 5 nitrogen and oxygen atoms in total. The minimum absolute atomic E-state index is 0.142. The van der Waals surface area contributed by atoms with E-state index in [0.717, 1.165) is 6.08 Å². The number of halogens is 3. The van der Waals surface area contributed by atoms with Crippen LogP contribution in [0.15, 0.2) is 11.0 Å². The Hall–Kier alpha value is -1.25. The minimum atomic E-state index is -5.33. The van der Waals surface area contributed by atoms with Crippen LogP contribution in [0.3, 0.4) is 0 Å². The lowest BCUT2D eigenvalue weighted by Gasteiger charge is -2.33. The van der Waals surface area contributed by atoms with Crippen LogP contribution >= 0.6 is 0 Å². The van der Waals surface area contributed by atoms with Crippen LogP contribution in [-0.2, 0) is 14.6 Å². The van der Waals surface area contributed by atoms with Crippen molar-refractivity contribution < 1.29 is 31.1 Å². The summed E-state index contributed by atoms with van der Waals surface area (Å²) in [5, 5.41) is 0. The molecule has 0 saturated heterocycles. The van der Waals surface area contributed by atoms with Crippen molar-refractivity contribution in [2.75, 3.05) is 6.54 Å². The van der Waals surface area contributed by atoms with Gasteiger partial charge in [0.25, 0.3) is 9.84 Å². The maximum atomic E-state index is 12.5. The molecular weight excluding hydrogens is 311 g/mol. The predicted octanol–water partition coefficient (Wildman–Crippen LogP) is 2.83. The molecule has 0 bridgehead atoms. The van der Waals surface area contributed by atoms with Crippen molar-refractivity contribution >= 4 is 15.9 Å². The number of rotatable bonds is 1. The third kappa shape index (κ3) is 4.12. The highest BCUT2D eigenvalue weighted by Gasteiger charge is 2.49. The monoisotopic (exact) mass is 329 g/mol. The quantitative estimate of drug-likeness (QED) is 0.742. The van der Waals surface area contributed by atoms with Gasteiger partial charge in [-0.25, -0.2) is 13.2 Å². The number of alkyl halides is 3. The van der Waals surface area contributed by atoms with Gasteiger partial charge < -0.3 is 9.64 Å². The first kappa shape index (κ1) is 17.8. The van der Waals surface area contributed by atoms with E-state index in [1.807, 2.05) is 0 Å². The Balaban J connectivity index is 2.94. The number of nitrogens with zero attached hydrogens (tertiary/aromatic N) is 1. The van der Waals surface area contributed by atoms with Gasteiger partial charge in [0.1, 0.15) is 5.60 Å². The molecule has 21 heavy (non-hydrogen) atoms. The molecular formula is C12H18F3NO4S. The van der Waals surface area contributed by atoms with Gasteiger partial charge in [0.15, 0.2) is 0 Å². The number of amides is 1. The number of hydrogen-bond acceptors (Lipinski definition) is 4. The number of sulfone groups is 1. The second-order valence-electron chi connectivity index (χ2n) is 5.75. The maximum absolute atomic E-state index is 12.5. The average Bonchev–Trinajstić information content (AvgIpc) is 2.24. The highest BCUT2D eigenvalue weighted by molar-refractivity contribution is 7.96. The molecule has 1 aliphatic heterocycles. The summed E-state index contributed by atoms with van der Waals surface area (Å²) in [6.45, 7) is 6.28. The summed E-state index contributed by atoms with van der Waals surface area (Å²) in [6, 6.07) is -0.791. The van der Waals surface area contributed by atoms with Crippen molar-refractivity contribution in [2.45, 2.75) is 51.3 Å². The first-order valence-corrected chi connectivity index (χ1v) is 7.76. The molecule has 0 aromatic rings. The van der Waals surface area contributed by atoms with Crippen LogP contribution in [-0.4, -0.2) is 43.1 Å². The van der Waals surface area contributed by atoms with Crippen LogP contribution in [0.25, 0.3) is 0 Å². The lowest BCUT2D eigenvalue weighted by Crippen LogP contribution is -2.45. The van der Waals surface area contributed by atoms with Crippen LogP contribution in [0.4, 0.5) is 18.0 Å². The van der Waals surface area contributed by atoms with Crippen molar-refractivity contribution in [3.05, 3.63) is 11.0 Å². The van der Waals surface area contributed by atoms with Gasteiger partial charge >= 0.3 is 11.6 Å². The molecule has 0 aromatic heterocycles. The standard InChI is InChI=1S/C12H18F3NO4S/c1-8-7-9(21(18,19)12(13,14)15)5-6-16(8)10(17)20-11(2,3)4/h7-8H,5-6H2,1-4H3. The highest BCUT2D eigenvalue weighted by atomic mass is 32.2. The summed E-state index contributed by atoms with van der Waals surface area (Å²) >= 11 is 0. The molecule has 0 spiro atoms. The summed E-state index contributed by atoms with van der Waals surface area (Å²) in [5.41, 5.74) is -6.06. The number of carbonyl (C=O) groups is 1. The largest absolute Gasteiger partial charge is 0.501 e. The Morgan fingerprint density at radius 2 is 1.86 bits per heavy atom. The molecule has 1 rings (SSSR count). The second-order valence-corrected chi connectivity index (χ2v) is 7.74. The molecule has 1 aliphatic rings. The normalized spacial score (nSPS) is 21.0. The highest BCUT2D eigenvalue weighted by Crippen LogP contribution is 2.33. The second kappa shape index (κ2) is 5.51. The Labute approximate surface area is 121 Å². The first-order valence-electron chi connectivity index (χ1n) is 6.27. The maximum Gasteiger partial charge on any atom is 0.501 e. The lowest BCUT2D eigenvalue weighted by molar-refractivity contribution is -0.0428. The van der Waals surface area contributed by atoms with Crippen LogP contribution in [0.1, 0.15) is 34.1 Å². The zero-order valence-corrected chi connectivity index (χ0v) is 13.0. The van der Waals surface area contributed by atoms with E-state index in [9.17, 15) is 26.4 Å². The summed E-state index contributed by atoms with van der Waals surface area (Å²) < 4.78 is 65.2. The Morgan fingerprint density at radius 1 is 1.33 bits per heavy atom. The van der Waals surface area contributed by atoms with E-state index in [1.165, 1.54) is 11.8 Å². The van der Waals surface area contributed by atoms with Gasteiger partial charge in [-0.1, -0.05) is 0 Å².